The fraction of sp³-hybridized carbons (Fsp3) is 0.0897. The smallest absolute Gasteiger partial charge is 0.337 e. The molecule has 9 aromatic rings. The van der Waals surface area contributed by atoms with Crippen molar-refractivity contribution in [3.63, 3.8) is 0 Å². The van der Waals surface area contributed by atoms with Gasteiger partial charge in [0.2, 0.25) is 5.91 Å². The van der Waals surface area contributed by atoms with E-state index in [0.717, 1.165) is 57.0 Å². The molecule has 9 aromatic carbocycles. The third-order valence-electron chi connectivity index (χ3n) is 14.3. The number of ether oxygens (including phenoxy) is 1. The maximum Gasteiger partial charge on any atom is 0.337 e. The first-order chi connectivity index (χ1) is 51.0. The average molecular weight is 1600 g/mol. The SMILES string of the molecule is C=CC(=O)Cc1ccc(C)cc1.C=Cc1ccc(S(=O)(=O)N=[S-](=O)Oc2c(C)cc(C)cc2C)cc1.C=Cc1ccc(S(=O)(=O)N=[S-](=O)Oc2ccccc2)cc1.C=Cc1ccc(S(=O)(=O)NC(C)=O)cc1.C=Cc1ccc(S(=O)(=O)Nc2cc(C(=O)OC)ccc2Cl)cc1.C=Cc1ccc2c(c1)C(=O)NC2=O. The van der Waals surface area contributed by atoms with Gasteiger partial charge in [-0.15, -0.1) is 0 Å². The third kappa shape index (κ3) is 27.2. The highest BCUT2D eigenvalue weighted by Crippen LogP contribution is 2.29. The Balaban J connectivity index is 0.000000236. The lowest BCUT2D eigenvalue weighted by Crippen LogP contribution is -2.28. The number of anilines is 1. The number of imide groups is 1. The van der Waals surface area contributed by atoms with Crippen LogP contribution in [0, 0.1) is 27.7 Å². The summed E-state index contributed by atoms with van der Waals surface area (Å²) in [7, 11) is -19.1. The zero-order valence-electron chi connectivity index (χ0n) is 59.0. The molecule has 0 unspecified atom stereocenters. The fourth-order valence-corrected chi connectivity index (χ4v) is 15.1. The van der Waals surface area contributed by atoms with E-state index >= 15 is 0 Å². The van der Waals surface area contributed by atoms with E-state index in [4.69, 9.17) is 20.0 Å². The van der Waals surface area contributed by atoms with Gasteiger partial charge in [-0.1, -0.05) is 202 Å². The summed E-state index contributed by atoms with van der Waals surface area (Å²) in [5.41, 5.74) is 10.00. The van der Waals surface area contributed by atoms with Crippen molar-refractivity contribution >= 4 is 139 Å². The van der Waals surface area contributed by atoms with Gasteiger partial charge in [-0.2, -0.15) is 0 Å². The number of hydrogen-bond donors (Lipinski definition) is 3. The Morgan fingerprint density at radius 1 is 0.500 bits per heavy atom. The van der Waals surface area contributed by atoms with Crippen molar-refractivity contribution in [2.45, 2.75) is 60.6 Å². The zero-order valence-corrected chi connectivity index (χ0v) is 64.7. The number of halogens is 1. The lowest BCUT2D eigenvalue weighted by atomic mass is 10.1. The first kappa shape index (κ1) is 87.2. The molecule has 0 saturated heterocycles. The molecule has 564 valence electrons. The van der Waals surface area contributed by atoms with Crippen LogP contribution in [0.4, 0.5) is 5.69 Å². The van der Waals surface area contributed by atoms with Crippen molar-refractivity contribution < 1.29 is 79.2 Å². The van der Waals surface area contributed by atoms with Crippen LogP contribution in [0.1, 0.15) is 93.6 Å². The van der Waals surface area contributed by atoms with Gasteiger partial charge < -0.3 is 21.5 Å². The molecule has 1 aliphatic rings. The number of benzene rings is 9. The number of allylic oxidation sites excluding steroid dienone is 1. The fourth-order valence-electron chi connectivity index (χ4n) is 8.91. The second-order valence-electron chi connectivity index (χ2n) is 22.4. The molecule has 3 amide bonds. The molecule has 0 bridgehead atoms. The van der Waals surface area contributed by atoms with E-state index in [1.54, 1.807) is 141 Å². The highest BCUT2D eigenvalue weighted by Gasteiger charge is 2.26. The topological polar surface area (TPSA) is 345 Å². The molecule has 0 atom stereocenters. The second-order valence-corrected chi connectivity index (χ2v) is 31.4. The summed E-state index contributed by atoms with van der Waals surface area (Å²) in [5, 5.41) is 2.39. The number of para-hydroxylation sites is 1. The van der Waals surface area contributed by atoms with E-state index < -0.39 is 73.7 Å². The lowest BCUT2D eigenvalue weighted by molar-refractivity contribution is -0.117. The summed E-state index contributed by atoms with van der Waals surface area (Å²) >= 11 is 5.99. The van der Waals surface area contributed by atoms with Gasteiger partial charge in [-0.05, 0) is 169 Å². The molecule has 1 aliphatic heterocycles. The summed E-state index contributed by atoms with van der Waals surface area (Å²) in [6, 6.07) is 53.2. The Hall–Kier alpha value is -11.4. The normalized spacial score (nSPS) is 11.8. The molecule has 10 rings (SSSR count). The maximum absolute atomic E-state index is 12.4. The summed E-state index contributed by atoms with van der Waals surface area (Å²) in [6.07, 6.45) is 9.86. The number of methoxy groups -OCH3 is 1. The number of aryl methyl sites for hydroxylation is 4. The molecular formula is C78H74ClN5O18S6-2. The van der Waals surface area contributed by atoms with E-state index in [-0.39, 0.29) is 59.2 Å². The van der Waals surface area contributed by atoms with Gasteiger partial charge in [0.1, 0.15) is 11.5 Å². The first-order valence-corrected chi connectivity index (χ1v) is 39.8. The Bertz CT molecular complexity index is 5490. The van der Waals surface area contributed by atoms with Crippen LogP contribution in [0.2, 0.25) is 5.02 Å². The Labute approximate surface area is 638 Å². The standard InChI is InChI=1S/C17H18NO4S2.C16H14ClNO4S.C14H12NO4S2.C11H12O.C10H11NO3S.C10H7NO2/c1-5-15-6-8-16(9-7-15)24(20,21)18-23(19)22-17-13(3)10-12(2)11-14(17)4;1-3-11-4-7-13(8-5-11)23(20,21)18-15-10-12(16(19)22-2)6-9-14(15)17;1-2-12-8-10-14(11-9-12)21(17,18)15-20(16)19-13-6-4-3-5-7-13;1-3-11(12)8-10-6-4-9(2)5-7-10;1-3-9-4-6-10(7-5-9)15(13,14)11-8(2)12;1-2-6-3-4-7-8(5-6)10(13)11-9(7)12/h5-11H,1H2,2-4H3;3-10,18H,1H2,2H3;2-11H,1H2;3-7H,1,8H2,2H3;3-7H,1H2,2H3,(H,11,12);2-5H,1H2,(H,11,12,13)/q-1;;-1;;;. The number of fused-ring (bicyclic) bond motifs is 1. The molecule has 3 N–H and O–H groups in total. The number of ketones is 1. The van der Waals surface area contributed by atoms with E-state index in [0.29, 0.717) is 23.3 Å². The first-order valence-electron chi connectivity index (χ1n) is 31.5. The molecule has 0 saturated carbocycles. The molecule has 0 aromatic heterocycles. The third-order valence-corrected chi connectivity index (χ3v) is 22.4. The zero-order chi connectivity index (χ0) is 80.1. The van der Waals surface area contributed by atoms with Crippen LogP contribution in [0.5, 0.6) is 11.5 Å². The number of hydrogen-bond acceptors (Lipinski definition) is 20. The molecule has 30 heteroatoms. The van der Waals surface area contributed by atoms with Crippen LogP contribution in [-0.4, -0.2) is 70.3 Å². The van der Waals surface area contributed by atoms with Crippen molar-refractivity contribution in [3.05, 3.63) is 323 Å². The predicted octanol–water partition coefficient (Wildman–Crippen LogP) is 15.5. The summed E-state index contributed by atoms with van der Waals surface area (Å²) in [6.45, 7) is 30.1. The van der Waals surface area contributed by atoms with Crippen molar-refractivity contribution in [2.75, 3.05) is 11.8 Å². The quantitative estimate of drug-likeness (QED) is 0.0245. The molecular weight excluding hydrogens is 1520 g/mol. The summed E-state index contributed by atoms with van der Waals surface area (Å²) in [4.78, 5) is 55.4. The van der Waals surface area contributed by atoms with Crippen molar-refractivity contribution in [2.24, 2.45) is 7.54 Å². The summed E-state index contributed by atoms with van der Waals surface area (Å²) in [5.74, 6) is -1.13. The van der Waals surface area contributed by atoms with Crippen LogP contribution in [0.3, 0.4) is 0 Å². The molecule has 108 heavy (non-hydrogen) atoms. The van der Waals surface area contributed by atoms with E-state index in [1.165, 1.54) is 85.5 Å². The molecule has 0 radical (unpaired) electrons. The van der Waals surface area contributed by atoms with Crippen LogP contribution in [-0.2, 0) is 91.0 Å². The molecule has 23 nitrogen and oxygen atoms in total. The monoisotopic (exact) mass is 1600 g/mol. The van der Waals surface area contributed by atoms with Crippen molar-refractivity contribution in [1.82, 2.24) is 10.0 Å². The number of sulfonamides is 4. The Kier molecular flexibility index (Phi) is 33.0. The summed E-state index contributed by atoms with van der Waals surface area (Å²) < 4.78 is 145. The number of carbonyl (C=O) groups excluding carboxylic acids is 5. The van der Waals surface area contributed by atoms with Gasteiger partial charge in [0.05, 0.1) is 54.1 Å². The number of nitrogens with zero attached hydrogens (tertiary/aromatic N) is 2. The van der Waals surface area contributed by atoms with E-state index in [2.05, 4.69) is 61.8 Å². The van der Waals surface area contributed by atoms with Crippen LogP contribution in [0.25, 0.3) is 30.4 Å². The highest BCUT2D eigenvalue weighted by molar-refractivity contribution is 7.96. The Morgan fingerprint density at radius 3 is 1.36 bits per heavy atom. The number of nitrogens with one attached hydrogen (secondary N) is 3. The second kappa shape index (κ2) is 40.9. The molecule has 0 spiro atoms. The van der Waals surface area contributed by atoms with Crippen molar-refractivity contribution in [1.29, 1.82) is 0 Å². The average Bonchev–Trinajstić information content (AvgIpc) is 1.66. The van der Waals surface area contributed by atoms with Gasteiger partial charge >= 0.3 is 5.97 Å². The van der Waals surface area contributed by atoms with Gasteiger partial charge in [-0.3, -0.25) is 29.2 Å². The van der Waals surface area contributed by atoms with Crippen LogP contribution >= 0.6 is 11.6 Å². The van der Waals surface area contributed by atoms with Gasteiger partial charge in [-0.25, -0.2) is 50.7 Å². The predicted molar refractivity (Wildman–Crippen MR) is 423 cm³/mol. The molecule has 1 heterocycles. The number of carbonyl (C=O) groups is 5. The van der Waals surface area contributed by atoms with Crippen LogP contribution < -0.4 is 23.1 Å². The highest BCUT2D eigenvalue weighted by atomic mass is 35.5. The minimum absolute atomic E-state index is 0.0533. The number of amides is 3. The Morgan fingerprint density at radius 2 is 0.926 bits per heavy atom. The van der Waals surface area contributed by atoms with Crippen LogP contribution in [0.15, 0.2) is 273 Å². The molecule has 0 fully saturated rings. The van der Waals surface area contributed by atoms with E-state index in [1.807, 2.05) is 55.0 Å². The van der Waals surface area contributed by atoms with Gasteiger partial charge in [0.25, 0.3) is 51.9 Å². The van der Waals surface area contributed by atoms with E-state index in [9.17, 15) is 66.1 Å². The number of rotatable bonds is 22. The maximum atomic E-state index is 12.4. The van der Waals surface area contributed by atoms with Gasteiger partial charge in [0, 0.05) is 35.1 Å². The van der Waals surface area contributed by atoms with Gasteiger partial charge in [0.15, 0.2) is 5.78 Å². The minimum Gasteiger partial charge on any atom is -0.546 e. The molecule has 0 aliphatic carbocycles. The minimum atomic E-state index is -4.07. The number of esters is 1. The lowest BCUT2D eigenvalue weighted by Gasteiger charge is -2.15. The largest absolute Gasteiger partial charge is 0.546 e. The van der Waals surface area contributed by atoms with Crippen molar-refractivity contribution in [3.8, 4) is 11.5 Å².